The van der Waals surface area contributed by atoms with Crippen molar-refractivity contribution in [1.82, 2.24) is 9.78 Å². The molecule has 0 saturated heterocycles. The summed E-state index contributed by atoms with van der Waals surface area (Å²) in [7, 11) is -1.96. The molecule has 0 fully saturated rings. The van der Waals surface area contributed by atoms with Crippen LogP contribution in [0, 0.1) is 5.82 Å². The smallest absolute Gasteiger partial charge is 0.333 e. The minimum absolute atomic E-state index is 0.124. The molecule has 0 aliphatic rings. The van der Waals surface area contributed by atoms with Gasteiger partial charge in [0.2, 0.25) is 5.91 Å². The summed E-state index contributed by atoms with van der Waals surface area (Å²) < 4.78 is 56.4. The zero-order valence-electron chi connectivity index (χ0n) is 16.0. The van der Waals surface area contributed by atoms with E-state index in [1.807, 2.05) is 0 Å². The Morgan fingerprint density at radius 3 is 2.59 bits per heavy atom. The molecule has 0 bridgehead atoms. The van der Waals surface area contributed by atoms with Crippen molar-refractivity contribution >= 4 is 45.8 Å². The van der Waals surface area contributed by atoms with Gasteiger partial charge in [-0.15, -0.1) is 5.10 Å². The second-order valence-corrected chi connectivity index (χ2v) is 8.26. The molecule has 3 rings (SSSR count). The van der Waals surface area contributed by atoms with Crippen LogP contribution in [-0.2, 0) is 28.8 Å². The highest BCUT2D eigenvalue weighted by molar-refractivity contribution is 7.82. The first-order valence-electron chi connectivity index (χ1n) is 8.82. The molecule has 1 unspecified atom stereocenters. The highest BCUT2D eigenvalue weighted by Gasteiger charge is 2.16. The van der Waals surface area contributed by atoms with E-state index in [0.29, 0.717) is 15.8 Å². The van der Waals surface area contributed by atoms with Gasteiger partial charge in [-0.2, -0.15) is 8.78 Å². The third-order valence-electron chi connectivity index (χ3n) is 4.15. The number of nitrogens with one attached hydrogen (secondary N) is 1. The third kappa shape index (κ3) is 6.00. The van der Waals surface area contributed by atoms with Crippen molar-refractivity contribution < 1.29 is 26.9 Å². The van der Waals surface area contributed by atoms with E-state index in [1.54, 1.807) is 0 Å². The molecule has 3 N–H and O–H groups in total. The number of aromatic nitrogens is 2. The van der Waals surface area contributed by atoms with E-state index < -0.39 is 29.3 Å². The van der Waals surface area contributed by atoms with Crippen molar-refractivity contribution in [3.63, 3.8) is 0 Å². The normalized spacial score (nSPS) is 12.1. The first kappa shape index (κ1) is 24.1. The number of rotatable bonds is 8. The average Bonchev–Trinajstić information content (AvgIpc) is 3.10. The molecular weight excluding hydrogens is 492 g/mol. The van der Waals surface area contributed by atoms with E-state index in [1.165, 1.54) is 30.3 Å². The molecule has 1 amide bonds. The van der Waals surface area contributed by atoms with Crippen molar-refractivity contribution in [2.45, 2.75) is 24.5 Å². The largest absolute Gasteiger partial charge is 0.471 e. The van der Waals surface area contributed by atoms with Crippen molar-refractivity contribution in [1.29, 1.82) is 0 Å². The lowest BCUT2D eigenvalue weighted by atomic mass is 10.1. The Bertz CT molecular complexity index is 1180. The fourth-order valence-electron chi connectivity index (χ4n) is 2.69. The van der Waals surface area contributed by atoms with Crippen LogP contribution in [0.4, 0.5) is 18.9 Å². The van der Waals surface area contributed by atoms with E-state index in [2.05, 4.69) is 10.4 Å². The van der Waals surface area contributed by atoms with Crippen LogP contribution in [0.15, 0.2) is 47.5 Å². The second-order valence-electron chi connectivity index (χ2n) is 6.41. The van der Waals surface area contributed by atoms with Crippen molar-refractivity contribution in [3.8, 4) is 5.88 Å². The van der Waals surface area contributed by atoms with E-state index in [9.17, 15) is 22.2 Å². The summed E-state index contributed by atoms with van der Waals surface area (Å²) in [6, 6.07) is 8.05. The zero-order chi connectivity index (χ0) is 23.4. The van der Waals surface area contributed by atoms with Gasteiger partial charge in [0.05, 0.1) is 17.5 Å². The summed E-state index contributed by atoms with van der Waals surface area (Å²) in [4.78, 5) is 12.4. The minimum atomic E-state index is -2.89. The number of ether oxygens (including phenoxy) is 1. The Labute approximate surface area is 192 Å². The first-order valence-corrected chi connectivity index (χ1v) is 10.8. The minimum Gasteiger partial charge on any atom is -0.471 e. The lowest BCUT2D eigenvalue weighted by Crippen LogP contribution is -2.16. The van der Waals surface area contributed by atoms with Crippen LogP contribution >= 0.6 is 23.2 Å². The van der Waals surface area contributed by atoms with Crippen LogP contribution in [-0.4, -0.2) is 19.9 Å². The summed E-state index contributed by atoms with van der Waals surface area (Å²) >= 11 is 11.8. The van der Waals surface area contributed by atoms with E-state index >= 15 is 0 Å². The van der Waals surface area contributed by atoms with Gasteiger partial charge in [0.15, 0.2) is 0 Å². The number of benzene rings is 2. The Balaban J connectivity index is 1.72. The topological polar surface area (TPSA) is 99.2 Å². The summed E-state index contributed by atoms with van der Waals surface area (Å²) in [6.45, 7) is -3.10. The van der Waals surface area contributed by atoms with Gasteiger partial charge in [-0.25, -0.2) is 18.4 Å². The molecule has 1 heterocycles. The van der Waals surface area contributed by atoms with E-state index in [4.69, 9.17) is 33.1 Å². The zero-order valence-corrected chi connectivity index (χ0v) is 18.4. The van der Waals surface area contributed by atoms with Crippen molar-refractivity contribution in [3.05, 3.63) is 69.6 Å². The Kier molecular flexibility index (Phi) is 7.77. The number of carbonyl (C=O) groups is 1. The van der Waals surface area contributed by atoms with Crippen LogP contribution in [0.25, 0.3) is 0 Å². The summed E-state index contributed by atoms with van der Waals surface area (Å²) in [6.07, 6.45) is 0.723. The first-order chi connectivity index (χ1) is 15.1. The molecular formula is C19H15Cl2F3N4O3S. The van der Waals surface area contributed by atoms with Crippen LogP contribution < -0.4 is 15.2 Å². The van der Waals surface area contributed by atoms with Gasteiger partial charge in [-0.05, 0) is 35.9 Å². The van der Waals surface area contributed by atoms with E-state index in [0.717, 1.165) is 12.3 Å². The number of carbonyl (C=O) groups excluding carboxylic acids is 1. The van der Waals surface area contributed by atoms with Gasteiger partial charge in [-0.1, -0.05) is 29.3 Å². The molecule has 7 nitrogen and oxygen atoms in total. The predicted molar refractivity (Wildman–Crippen MR) is 114 cm³/mol. The number of nitrogens with two attached hydrogens (primary N) is 1. The van der Waals surface area contributed by atoms with Gasteiger partial charge in [0.25, 0.3) is 5.88 Å². The van der Waals surface area contributed by atoms with Crippen LogP contribution in [0.2, 0.25) is 10.0 Å². The quantitative estimate of drug-likeness (QED) is 0.470. The molecule has 2 aromatic carbocycles. The molecule has 1 atom stereocenters. The molecule has 13 heteroatoms. The number of halogens is 5. The highest BCUT2D eigenvalue weighted by Crippen LogP contribution is 2.27. The predicted octanol–water partition coefficient (Wildman–Crippen LogP) is 4.47. The van der Waals surface area contributed by atoms with Gasteiger partial charge < -0.3 is 10.1 Å². The Morgan fingerprint density at radius 2 is 1.94 bits per heavy atom. The lowest BCUT2D eigenvalue weighted by Gasteiger charge is -2.12. The van der Waals surface area contributed by atoms with Crippen molar-refractivity contribution in [2.75, 3.05) is 5.32 Å². The number of nitrogens with zero attached hydrogens (tertiary/aromatic N) is 2. The standard InChI is InChI=1S/C19H15Cl2F3N4O3S/c20-14-4-2-12(22)5-11(14)6-17(29)26-13-3-1-10(16(7-13)32(25)30)9-31-18-15(21)8-28(27-18)19(23)24/h1-5,7-8,19H,6,9,25H2,(H,26,29). The van der Waals surface area contributed by atoms with Gasteiger partial charge >= 0.3 is 6.55 Å². The Hall–Kier alpha value is -2.60. The molecule has 0 aliphatic carbocycles. The molecule has 0 radical (unpaired) electrons. The monoisotopic (exact) mass is 506 g/mol. The van der Waals surface area contributed by atoms with Gasteiger partial charge in [-0.3, -0.25) is 4.79 Å². The van der Waals surface area contributed by atoms with Crippen LogP contribution in [0.5, 0.6) is 5.88 Å². The summed E-state index contributed by atoms with van der Waals surface area (Å²) in [5.74, 6) is -1.24. The molecule has 3 aromatic rings. The van der Waals surface area contributed by atoms with Crippen LogP contribution in [0.1, 0.15) is 17.7 Å². The number of amides is 1. The number of hydrogen-bond donors (Lipinski definition) is 2. The average molecular weight is 507 g/mol. The number of hydrogen-bond acceptors (Lipinski definition) is 4. The second kappa shape index (κ2) is 10.3. The molecule has 1 aromatic heterocycles. The molecule has 0 saturated carbocycles. The maximum Gasteiger partial charge on any atom is 0.333 e. The molecule has 170 valence electrons. The summed E-state index contributed by atoms with van der Waals surface area (Å²) in [5.41, 5.74) is 0.941. The molecule has 32 heavy (non-hydrogen) atoms. The third-order valence-corrected chi connectivity index (χ3v) is 5.59. The Morgan fingerprint density at radius 1 is 1.19 bits per heavy atom. The number of alkyl halides is 2. The lowest BCUT2D eigenvalue weighted by molar-refractivity contribution is -0.115. The molecule has 0 spiro atoms. The maximum absolute atomic E-state index is 13.4. The van der Waals surface area contributed by atoms with Gasteiger partial charge in [0, 0.05) is 16.3 Å². The highest BCUT2D eigenvalue weighted by atomic mass is 35.5. The van der Waals surface area contributed by atoms with Crippen molar-refractivity contribution in [2.24, 2.45) is 5.14 Å². The van der Waals surface area contributed by atoms with E-state index in [-0.39, 0.29) is 39.5 Å². The maximum atomic E-state index is 13.4. The number of anilines is 1. The van der Waals surface area contributed by atoms with Gasteiger partial charge in [0.1, 0.15) is 28.4 Å². The fourth-order valence-corrected chi connectivity index (χ4v) is 3.70. The summed E-state index contributed by atoms with van der Waals surface area (Å²) in [5, 5.41) is 11.7. The van der Waals surface area contributed by atoms with Crippen LogP contribution in [0.3, 0.4) is 0 Å². The fraction of sp³-hybridized carbons (Fsp3) is 0.158. The molecule has 0 aliphatic heterocycles. The SMILES string of the molecule is NS(=O)c1cc(NC(=O)Cc2cc(F)ccc2Cl)ccc1COc1nn(C(F)F)cc1Cl.